The van der Waals surface area contributed by atoms with Gasteiger partial charge in [0.15, 0.2) is 0 Å². The molecule has 1 amide bonds. The molecule has 1 spiro atoms. The molecule has 3 rings (SSSR count). The van der Waals surface area contributed by atoms with E-state index in [4.69, 9.17) is 0 Å². The van der Waals surface area contributed by atoms with Gasteiger partial charge in [0.1, 0.15) is 0 Å². The SMILES string of the molecule is CC1NC2(CC2)C(=O)N1CC(C)N(C)C1CC1. The van der Waals surface area contributed by atoms with Gasteiger partial charge in [-0.2, -0.15) is 0 Å². The zero-order chi connectivity index (χ0) is 12.2. The third kappa shape index (κ3) is 1.87. The number of nitrogens with zero attached hydrogens (tertiary/aromatic N) is 2. The molecule has 3 fully saturated rings. The second kappa shape index (κ2) is 3.69. The first-order valence-corrected chi connectivity index (χ1v) is 6.84. The van der Waals surface area contributed by atoms with Gasteiger partial charge in [-0.25, -0.2) is 0 Å². The standard InChI is InChI=1S/C13H23N3O/c1-9(15(3)11-4-5-11)8-16-10(2)14-13(6-7-13)12(16)17/h9-11,14H,4-8H2,1-3H3. The molecule has 96 valence electrons. The lowest BCUT2D eigenvalue weighted by Gasteiger charge is -2.30. The number of likely N-dealkylation sites (N-methyl/N-ethyl adjacent to an activating group) is 1. The van der Waals surface area contributed by atoms with Crippen molar-refractivity contribution in [2.24, 2.45) is 0 Å². The van der Waals surface area contributed by atoms with Crippen LogP contribution in [0.25, 0.3) is 0 Å². The number of carbonyl (C=O) groups is 1. The maximum atomic E-state index is 12.3. The molecule has 0 radical (unpaired) electrons. The lowest BCUT2D eigenvalue weighted by Crippen LogP contribution is -2.45. The predicted molar refractivity (Wildman–Crippen MR) is 66.5 cm³/mol. The zero-order valence-corrected chi connectivity index (χ0v) is 11.1. The molecule has 4 heteroatoms. The van der Waals surface area contributed by atoms with Gasteiger partial charge in [-0.1, -0.05) is 0 Å². The van der Waals surface area contributed by atoms with Crippen LogP contribution in [0, 0.1) is 0 Å². The van der Waals surface area contributed by atoms with E-state index in [0.717, 1.165) is 25.4 Å². The molecule has 0 bridgehead atoms. The number of nitrogens with one attached hydrogen (secondary N) is 1. The fourth-order valence-electron chi connectivity index (χ4n) is 2.97. The molecule has 1 saturated heterocycles. The van der Waals surface area contributed by atoms with Gasteiger partial charge < -0.3 is 4.90 Å². The van der Waals surface area contributed by atoms with Gasteiger partial charge >= 0.3 is 0 Å². The van der Waals surface area contributed by atoms with Crippen molar-refractivity contribution in [3.05, 3.63) is 0 Å². The molecule has 3 aliphatic rings. The van der Waals surface area contributed by atoms with E-state index in [1.165, 1.54) is 12.8 Å². The Labute approximate surface area is 103 Å². The van der Waals surface area contributed by atoms with Gasteiger partial charge in [0.2, 0.25) is 5.91 Å². The second-order valence-corrected chi connectivity index (χ2v) is 6.11. The molecule has 17 heavy (non-hydrogen) atoms. The van der Waals surface area contributed by atoms with E-state index in [9.17, 15) is 4.79 Å². The van der Waals surface area contributed by atoms with Crippen LogP contribution in [0.15, 0.2) is 0 Å². The van der Waals surface area contributed by atoms with Gasteiger partial charge in [-0.05, 0) is 46.6 Å². The summed E-state index contributed by atoms with van der Waals surface area (Å²) in [5, 5.41) is 3.45. The molecular formula is C13H23N3O. The summed E-state index contributed by atoms with van der Waals surface area (Å²) in [5.41, 5.74) is -0.155. The summed E-state index contributed by atoms with van der Waals surface area (Å²) in [7, 11) is 2.19. The third-order valence-electron chi connectivity index (χ3n) is 4.65. The summed E-state index contributed by atoms with van der Waals surface area (Å²) in [6, 6.07) is 1.23. The van der Waals surface area contributed by atoms with E-state index in [2.05, 4.69) is 31.1 Å². The normalized spacial score (nSPS) is 32.6. The van der Waals surface area contributed by atoms with E-state index in [-0.39, 0.29) is 11.7 Å². The van der Waals surface area contributed by atoms with Crippen LogP contribution in [0.1, 0.15) is 39.5 Å². The zero-order valence-electron chi connectivity index (χ0n) is 11.1. The van der Waals surface area contributed by atoms with Gasteiger partial charge in [0.05, 0.1) is 11.7 Å². The highest BCUT2D eigenvalue weighted by atomic mass is 16.2. The lowest BCUT2D eigenvalue weighted by molar-refractivity contribution is -0.131. The average molecular weight is 237 g/mol. The first kappa shape index (κ1) is 11.5. The topological polar surface area (TPSA) is 35.6 Å². The van der Waals surface area contributed by atoms with Crippen molar-refractivity contribution < 1.29 is 4.79 Å². The molecule has 0 aromatic heterocycles. The number of amides is 1. The van der Waals surface area contributed by atoms with Crippen LogP contribution in [0.5, 0.6) is 0 Å². The van der Waals surface area contributed by atoms with Gasteiger partial charge in [0.25, 0.3) is 0 Å². The Morgan fingerprint density at radius 3 is 2.65 bits per heavy atom. The third-order valence-corrected chi connectivity index (χ3v) is 4.65. The van der Waals surface area contributed by atoms with Crippen molar-refractivity contribution in [2.75, 3.05) is 13.6 Å². The van der Waals surface area contributed by atoms with E-state index in [1.54, 1.807) is 0 Å². The molecule has 2 saturated carbocycles. The molecule has 2 unspecified atom stereocenters. The van der Waals surface area contributed by atoms with Crippen molar-refractivity contribution in [1.82, 2.24) is 15.1 Å². The molecule has 1 heterocycles. The molecule has 0 aromatic rings. The highest BCUT2D eigenvalue weighted by molar-refractivity contribution is 5.91. The maximum absolute atomic E-state index is 12.3. The van der Waals surface area contributed by atoms with Crippen molar-refractivity contribution in [2.45, 2.75) is 63.3 Å². The molecule has 2 atom stereocenters. The van der Waals surface area contributed by atoms with Crippen LogP contribution in [0.2, 0.25) is 0 Å². The van der Waals surface area contributed by atoms with Crippen molar-refractivity contribution >= 4 is 5.91 Å². The minimum Gasteiger partial charge on any atom is -0.324 e. The molecule has 4 nitrogen and oxygen atoms in total. The van der Waals surface area contributed by atoms with E-state index >= 15 is 0 Å². The minimum absolute atomic E-state index is 0.155. The highest BCUT2D eigenvalue weighted by Crippen LogP contribution is 2.42. The van der Waals surface area contributed by atoms with Crippen molar-refractivity contribution in [1.29, 1.82) is 0 Å². The molecule has 2 aliphatic carbocycles. The molecule has 1 N–H and O–H groups in total. The first-order chi connectivity index (χ1) is 8.03. The Morgan fingerprint density at radius 2 is 2.18 bits per heavy atom. The van der Waals surface area contributed by atoms with Crippen LogP contribution < -0.4 is 5.32 Å². The maximum Gasteiger partial charge on any atom is 0.244 e. The van der Waals surface area contributed by atoms with Crippen LogP contribution in [0.3, 0.4) is 0 Å². The van der Waals surface area contributed by atoms with Gasteiger partial charge in [-0.15, -0.1) is 0 Å². The van der Waals surface area contributed by atoms with Gasteiger partial charge in [-0.3, -0.25) is 15.0 Å². The number of carbonyl (C=O) groups excluding carboxylic acids is 1. The Hall–Kier alpha value is -0.610. The largest absolute Gasteiger partial charge is 0.324 e. The summed E-state index contributed by atoms with van der Waals surface area (Å²) in [6.07, 6.45) is 4.91. The van der Waals surface area contributed by atoms with E-state index in [1.807, 2.05) is 4.90 Å². The van der Waals surface area contributed by atoms with Crippen LogP contribution in [-0.2, 0) is 4.79 Å². The smallest absolute Gasteiger partial charge is 0.244 e. The monoisotopic (exact) mass is 237 g/mol. The first-order valence-electron chi connectivity index (χ1n) is 6.84. The van der Waals surface area contributed by atoms with E-state index < -0.39 is 0 Å². The Morgan fingerprint density at radius 1 is 1.53 bits per heavy atom. The fourth-order valence-corrected chi connectivity index (χ4v) is 2.97. The average Bonchev–Trinajstić information content (AvgIpc) is 3.15. The number of rotatable bonds is 4. The summed E-state index contributed by atoms with van der Waals surface area (Å²) in [4.78, 5) is 16.8. The summed E-state index contributed by atoms with van der Waals surface area (Å²) >= 11 is 0. The van der Waals surface area contributed by atoms with Crippen LogP contribution in [-0.4, -0.2) is 53.1 Å². The van der Waals surface area contributed by atoms with Crippen molar-refractivity contribution in [3.63, 3.8) is 0 Å². The quantitative estimate of drug-likeness (QED) is 0.785. The summed E-state index contributed by atoms with van der Waals surface area (Å²) < 4.78 is 0. The molecule has 0 aromatic carbocycles. The predicted octanol–water partition coefficient (Wildman–Crippen LogP) is 0.780. The van der Waals surface area contributed by atoms with Crippen LogP contribution >= 0.6 is 0 Å². The van der Waals surface area contributed by atoms with Gasteiger partial charge in [0, 0.05) is 18.6 Å². The Kier molecular flexibility index (Phi) is 2.49. The lowest BCUT2D eigenvalue weighted by atomic mass is 10.2. The van der Waals surface area contributed by atoms with E-state index in [0.29, 0.717) is 11.9 Å². The Balaban J connectivity index is 1.62. The molecule has 1 aliphatic heterocycles. The Bertz CT molecular complexity index is 336. The highest BCUT2D eigenvalue weighted by Gasteiger charge is 2.58. The number of hydrogen-bond acceptors (Lipinski definition) is 3. The van der Waals surface area contributed by atoms with Crippen molar-refractivity contribution in [3.8, 4) is 0 Å². The second-order valence-electron chi connectivity index (χ2n) is 6.11. The summed E-state index contributed by atoms with van der Waals surface area (Å²) in [6.45, 7) is 5.20. The fraction of sp³-hybridized carbons (Fsp3) is 0.923. The number of hydrogen-bond donors (Lipinski definition) is 1. The molecular weight excluding hydrogens is 214 g/mol. The van der Waals surface area contributed by atoms with Crippen LogP contribution in [0.4, 0.5) is 0 Å². The summed E-state index contributed by atoms with van der Waals surface area (Å²) in [5.74, 6) is 0.334. The minimum atomic E-state index is -0.155.